The quantitative estimate of drug-likeness (QED) is 0.432. The van der Waals surface area contributed by atoms with Crippen LogP contribution in [0.2, 0.25) is 0 Å². The number of allylic oxidation sites excluding steroid dienone is 2. The van der Waals surface area contributed by atoms with E-state index in [1.807, 2.05) is 12.2 Å². The molecule has 20 heavy (non-hydrogen) atoms. The predicted molar refractivity (Wildman–Crippen MR) is 67.8 cm³/mol. The zero-order chi connectivity index (χ0) is 14.9. The maximum Gasteiger partial charge on any atom is 0.330 e. The van der Waals surface area contributed by atoms with Crippen molar-refractivity contribution in [2.24, 2.45) is 11.8 Å². The summed E-state index contributed by atoms with van der Waals surface area (Å²) in [6.07, 6.45) is 3.93. The Morgan fingerprint density at radius 1 is 1.30 bits per heavy atom. The van der Waals surface area contributed by atoms with Crippen molar-refractivity contribution in [1.82, 2.24) is 4.90 Å². The summed E-state index contributed by atoms with van der Waals surface area (Å²) in [6.45, 7) is 2.88. The van der Waals surface area contributed by atoms with E-state index in [1.54, 1.807) is 6.07 Å². The van der Waals surface area contributed by atoms with Crippen LogP contribution in [0.25, 0.3) is 0 Å². The second-order valence-electron chi connectivity index (χ2n) is 5.09. The standard InChI is InChI=1S/C14H16N2O4/c1-8(7-15)20-14(19)9(2)16-12(17)10-5-3-4-6-11(10)13(16)18/h3-4,8-11H,5-6H2,1-2H3/t8-,9-,10-,11-/m0/s1. The Balaban J connectivity index is 2.13. The van der Waals surface area contributed by atoms with Gasteiger partial charge in [-0.3, -0.25) is 14.5 Å². The first kappa shape index (κ1) is 14.3. The van der Waals surface area contributed by atoms with Crippen molar-refractivity contribution in [1.29, 1.82) is 5.26 Å². The van der Waals surface area contributed by atoms with Gasteiger partial charge in [0.25, 0.3) is 0 Å². The number of ether oxygens (including phenoxy) is 1. The first-order chi connectivity index (χ1) is 9.47. The van der Waals surface area contributed by atoms with Crippen LogP contribution in [0.15, 0.2) is 12.2 Å². The average Bonchev–Trinajstić information content (AvgIpc) is 2.70. The highest BCUT2D eigenvalue weighted by molar-refractivity contribution is 6.08. The third-order valence-electron chi connectivity index (χ3n) is 3.74. The molecule has 1 saturated heterocycles. The lowest BCUT2D eigenvalue weighted by atomic mass is 9.85. The van der Waals surface area contributed by atoms with Gasteiger partial charge in [0.15, 0.2) is 6.10 Å². The van der Waals surface area contributed by atoms with E-state index in [2.05, 4.69) is 0 Å². The number of carbonyl (C=O) groups is 3. The highest BCUT2D eigenvalue weighted by Crippen LogP contribution is 2.36. The van der Waals surface area contributed by atoms with Crippen molar-refractivity contribution in [2.45, 2.75) is 38.8 Å². The molecule has 0 aromatic rings. The van der Waals surface area contributed by atoms with Crippen LogP contribution in [0.1, 0.15) is 26.7 Å². The number of esters is 1. The van der Waals surface area contributed by atoms with Gasteiger partial charge in [0.05, 0.1) is 11.8 Å². The molecule has 106 valence electrons. The number of rotatable bonds is 3. The monoisotopic (exact) mass is 276 g/mol. The average molecular weight is 276 g/mol. The molecule has 1 aliphatic heterocycles. The molecule has 2 amide bonds. The first-order valence-corrected chi connectivity index (χ1v) is 6.59. The zero-order valence-electron chi connectivity index (χ0n) is 11.4. The minimum atomic E-state index is -0.989. The third-order valence-corrected chi connectivity index (χ3v) is 3.74. The Kier molecular flexibility index (Phi) is 3.89. The van der Waals surface area contributed by atoms with Gasteiger partial charge in [-0.1, -0.05) is 12.2 Å². The number of hydrogen-bond donors (Lipinski definition) is 0. The van der Waals surface area contributed by atoms with Gasteiger partial charge in [0.1, 0.15) is 12.1 Å². The van der Waals surface area contributed by atoms with Crippen molar-refractivity contribution >= 4 is 17.8 Å². The van der Waals surface area contributed by atoms with Crippen molar-refractivity contribution in [3.05, 3.63) is 12.2 Å². The summed E-state index contributed by atoms with van der Waals surface area (Å²) >= 11 is 0. The van der Waals surface area contributed by atoms with Crippen LogP contribution in [-0.2, 0) is 19.1 Å². The minimum Gasteiger partial charge on any atom is -0.446 e. The molecule has 0 N–H and O–H groups in total. The number of hydrogen-bond acceptors (Lipinski definition) is 5. The smallest absolute Gasteiger partial charge is 0.330 e. The van der Waals surface area contributed by atoms with E-state index < -0.39 is 18.1 Å². The Bertz CT molecular complexity index is 494. The van der Waals surface area contributed by atoms with Gasteiger partial charge in [-0.2, -0.15) is 5.26 Å². The fourth-order valence-corrected chi connectivity index (χ4v) is 2.61. The Labute approximate surface area is 117 Å². The first-order valence-electron chi connectivity index (χ1n) is 6.59. The van der Waals surface area contributed by atoms with Crippen molar-refractivity contribution in [3.63, 3.8) is 0 Å². The topological polar surface area (TPSA) is 87.5 Å². The molecule has 4 atom stereocenters. The molecule has 2 aliphatic rings. The number of imide groups is 1. The molecule has 0 spiro atoms. The van der Waals surface area contributed by atoms with E-state index in [0.29, 0.717) is 12.8 Å². The van der Waals surface area contributed by atoms with Crippen LogP contribution in [0.4, 0.5) is 0 Å². The zero-order valence-corrected chi connectivity index (χ0v) is 11.4. The predicted octanol–water partition coefficient (Wildman–Crippen LogP) is 0.781. The van der Waals surface area contributed by atoms with E-state index >= 15 is 0 Å². The third kappa shape index (κ3) is 2.31. The molecule has 0 saturated carbocycles. The van der Waals surface area contributed by atoms with Gasteiger partial charge in [0.2, 0.25) is 11.8 Å². The number of nitriles is 1. The molecule has 0 unspecified atom stereocenters. The van der Waals surface area contributed by atoms with E-state index in [-0.39, 0.29) is 23.7 Å². The van der Waals surface area contributed by atoms with Crippen LogP contribution >= 0.6 is 0 Å². The molecular weight excluding hydrogens is 260 g/mol. The normalized spacial score (nSPS) is 27.8. The molecule has 6 heteroatoms. The van der Waals surface area contributed by atoms with Gasteiger partial charge in [-0.25, -0.2) is 4.79 Å². The summed E-state index contributed by atoms with van der Waals surface area (Å²) in [7, 11) is 0. The van der Waals surface area contributed by atoms with Gasteiger partial charge in [-0.15, -0.1) is 0 Å². The fourth-order valence-electron chi connectivity index (χ4n) is 2.61. The lowest BCUT2D eigenvalue weighted by Gasteiger charge is -2.22. The SMILES string of the molecule is C[C@@H](C#N)OC(=O)[C@H](C)N1C(=O)[C@H]2CC=CC[C@@H]2C1=O. The summed E-state index contributed by atoms with van der Waals surface area (Å²) in [4.78, 5) is 37.4. The second-order valence-corrected chi connectivity index (χ2v) is 5.09. The molecular formula is C14H16N2O4. The molecule has 1 fully saturated rings. The summed E-state index contributed by atoms with van der Waals surface area (Å²) in [5, 5.41) is 8.62. The summed E-state index contributed by atoms with van der Waals surface area (Å²) in [5.74, 6) is -2.10. The number of likely N-dealkylation sites (tertiary alicyclic amines) is 1. The van der Waals surface area contributed by atoms with E-state index in [1.165, 1.54) is 13.8 Å². The van der Waals surface area contributed by atoms with Crippen LogP contribution in [0, 0.1) is 23.2 Å². The Morgan fingerprint density at radius 2 is 1.80 bits per heavy atom. The van der Waals surface area contributed by atoms with Gasteiger partial charge < -0.3 is 4.74 Å². The maximum atomic E-state index is 12.2. The number of fused-ring (bicyclic) bond motifs is 1. The molecule has 2 rings (SSSR count). The number of carbonyl (C=O) groups excluding carboxylic acids is 3. The van der Waals surface area contributed by atoms with Crippen LogP contribution in [0.3, 0.4) is 0 Å². The number of amides is 2. The number of nitrogens with zero attached hydrogens (tertiary/aromatic N) is 2. The Morgan fingerprint density at radius 3 is 2.25 bits per heavy atom. The highest BCUT2D eigenvalue weighted by Gasteiger charge is 2.50. The van der Waals surface area contributed by atoms with Crippen LogP contribution < -0.4 is 0 Å². The molecule has 0 radical (unpaired) electrons. The molecule has 1 heterocycles. The molecule has 0 bridgehead atoms. The molecule has 6 nitrogen and oxygen atoms in total. The van der Waals surface area contributed by atoms with E-state index in [4.69, 9.17) is 10.00 Å². The van der Waals surface area contributed by atoms with E-state index in [9.17, 15) is 14.4 Å². The van der Waals surface area contributed by atoms with Gasteiger partial charge in [0, 0.05) is 0 Å². The maximum absolute atomic E-state index is 12.2. The molecule has 0 aromatic heterocycles. The molecule has 1 aliphatic carbocycles. The lowest BCUT2D eigenvalue weighted by molar-refractivity contribution is -0.159. The highest BCUT2D eigenvalue weighted by atomic mass is 16.5. The Hall–Kier alpha value is -2.16. The second kappa shape index (κ2) is 5.45. The summed E-state index contributed by atoms with van der Waals surface area (Å²) in [6, 6.07) is 0.783. The van der Waals surface area contributed by atoms with Gasteiger partial charge in [-0.05, 0) is 26.7 Å². The fraction of sp³-hybridized carbons (Fsp3) is 0.571. The lowest BCUT2D eigenvalue weighted by Crippen LogP contribution is -2.45. The van der Waals surface area contributed by atoms with Crippen LogP contribution in [-0.4, -0.2) is 34.8 Å². The summed E-state index contributed by atoms with van der Waals surface area (Å²) in [5.41, 5.74) is 0. The largest absolute Gasteiger partial charge is 0.446 e. The van der Waals surface area contributed by atoms with Crippen molar-refractivity contribution in [2.75, 3.05) is 0 Å². The van der Waals surface area contributed by atoms with Crippen molar-refractivity contribution in [3.8, 4) is 6.07 Å². The van der Waals surface area contributed by atoms with Crippen molar-refractivity contribution < 1.29 is 19.1 Å². The summed E-state index contributed by atoms with van der Waals surface area (Å²) < 4.78 is 4.86. The molecule has 0 aromatic carbocycles. The van der Waals surface area contributed by atoms with Gasteiger partial charge >= 0.3 is 5.97 Å². The van der Waals surface area contributed by atoms with Crippen LogP contribution in [0.5, 0.6) is 0 Å². The van der Waals surface area contributed by atoms with E-state index in [0.717, 1.165) is 4.90 Å². The minimum absolute atomic E-state index is 0.321.